The molecule has 148 valence electrons. The molecule has 0 spiro atoms. The van der Waals surface area contributed by atoms with Gasteiger partial charge in [-0.25, -0.2) is 13.1 Å². The SMILES string of the molecule is O=C(O)CC1(NC(=O)c2cccc(S(=O)(=O)NC3CCCC3)c2)CCCC1. The minimum Gasteiger partial charge on any atom is -0.481 e. The van der Waals surface area contributed by atoms with E-state index < -0.39 is 27.4 Å². The van der Waals surface area contributed by atoms with Crippen molar-refractivity contribution in [2.24, 2.45) is 0 Å². The average molecular weight is 394 g/mol. The van der Waals surface area contributed by atoms with Gasteiger partial charge in [0.1, 0.15) is 0 Å². The topological polar surface area (TPSA) is 113 Å². The van der Waals surface area contributed by atoms with Crippen molar-refractivity contribution in [2.75, 3.05) is 0 Å². The smallest absolute Gasteiger partial charge is 0.305 e. The molecule has 27 heavy (non-hydrogen) atoms. The van der Waals surface area contributed by atoms with E-state index in [4.69, 9.17) is 0 Å². The van der Waals surface area contributed by atoms with Crippen molar-refractivity contribution in [1.29, 1.82) is 0 Å². The summed E-state index contributed by atoms with van der Waals surface area (Å²) in [5, 5.41) is 12.0. The van der Waals surface area contributed by atoms with Crippen molar-refractivity contribution in [3.63, 3.8) is 0 Å². The van der Waals surface area contributed by atoms with Gasteiger partial charge in [-0.05, 0) is 43.9 Å². The third kappa shape index (κ3) is 4.87. The lowest BCUT2D eigenvalue weighted by atomic mass is 9.92. The highest BCUT2D eigenvalue weighted by molar-refractivity contribution is 7.89. The Bertz CT molecular complexity index is 809. The Hall–Kier alpha value is -1.93. The van der Waals surface area contributed by atoms with Crippen LogP contribution in [0.4, 0.5) is 0 Å². The van der Waals surface area contributed by atoms with Crippen LogP contribution >= 0.6 is 0 Å². The summed E-state index contributed by atoms with van der Waals surface area (Å²) in [6, 6.07) is 5.86. The fourth-order valence-corrected chi connectivity index (χ4v) is 5.49. The summed E-state index contributed by atoms with van der Waals surface area (Å²) >= 11 is 0. The van der Waals surface area contributed by atoms with Gasteiger partial charge in [0.2, 0.25) is 10.0 Å². The molecule has 0 bridgehead atoms. The van der Waals surface area contributed by atoms with E-state index in [0.717, 1.165) is 38.5 Å². The van der Waals surface area contributed by atoms with Crippen molar-refractivity contribution in [3.05, 3.63) is 29.8 Å². The largest absolute Gasteiger partial charge is 0.481 e. The average Bonchev–Trinajstić information content (AvgIpc) is 3.26. The monoisotopic (exact) mass is 394 g/mol. The molecule has 0 aromatic heterocycles. The molecular weight excluding hydrogens is 368 g/mol. The van der Waals surface area contributed by atoms with Crippen LogP contribution in [-0.2, 0) is 14.8 Å². The highest BCUT2D eigenvalue weighted by atomic mass is 32.2. The molecule has 7 nitrogen and oxygen atoms in total. The number of carbonyl (C=O) groups is 2. The van der Waals surface area contributed by atoms with E-state index in [9.17, 15) is 23.1 Å². The quantitative estimate of drug-likeness (QED) is 0.657. The van der Waals surface area contributed by atoms with Gasteiger partial charge in [-0.2, -0.15) is 0 Å². The fraction of sp³-hybridized carbons (Fsp3) is 0.579. The summed E-state index contributed by atoms with van der Waals surface area (Å²) < 4.78 is 27.9. The second-order valence-electron chi connectivity index (χ2n) is 7.64. The van der Waals surface area contributed by atoms with Gasteiger partial charge in [-0.1, -0.05) is 31.7 Å². The van der Waals surface area contributed by atoms with Gasteiger partial charge >= 0.3 is 5.97 Å². The normalized spacial score (nSPS) is 19.9. The lowest BCUT2D eigenvalue weighted by molar-refractivity contribution is -0.138. The number of hydrogen-bond acceptors (Lipinski definition) is 4. The number of rotatable bonds is 7. The number of carboxylic acid groups (broad SMARTS) is 1. The highest BCUT2D eigenvalue weighted by Crippen LogP contribution is 2.33. The van der Waals surface area contributed by atoms with E-state index >= 15 is 0 Å². The minimum atomic E-state index is -3.69. The molecule has 3 rings (SSSR count). The molecule has 2 fully saturated rings. The number of sulfonamides is 1. The first-order chi connectivity index (χ1) is 12.8. The summed E-state index contributed by atoms with van der Waals surface area (Å²) in [5.74, 6) is -1.38. The van der Waals surface area contributed by atoms with E-state index in [1.54, 1.807) is 6.07 Å². The number of benzene rings is 1. The van der Waals surface area contributed by atoms with Crippen LogP contribution in [0.3, 0.4) is 0 Å². The molecule has 2 aliphatic rings. The minimum absolute atomic E-state index is 0.0511. The summed E-state index contributed by atoms with van der Waals surface area (Å²) in [5.41, 5.74) is -0.527. The molecule has 1 aromatic rings. The Kier molecular flexibility index (Phi) is 5.86. The molecule has 2 aliphatic carbocycles. The molecule has 8 heteroatoms. The van der Waals surface area contributed by atoms with Crippen LogP contribution in [0, 0.1) is 0 Å². The molecule has 0 saturated heterocycles. The van der Waals surface area contributed by atoms with E-state index in [1.807, 2.05) is 0 Å². The Morgan fingerprint density at radius 1 is 1.11 bits per heavy atom. The maximum Gasteiger partial charge on any atom is 0.305 e. The Balaban J connectivity index is 1.76. The zero-order chi connectivity index (χ0) is 19.5. The first-order valence-electron chi connectivity index (χ1n) is 9.46. The lowest BCUT2D eigenvalue weighted by Crippen LogP contribution is -2.47. The number of nitrogens with one attached hydrogen (secondary N) is 2. The van der Waals surface area contributed by atoms with Crippen molar-refractivity contribution in [1.82, 2.24) is 10.0 Å². The molecular formula is C19H26N2O5S. The number of carboxylic acids is 1. The van der Waals surface area contributed by atoms with Gasteiger partial charge in [0.05, 0.1) is 16.9 Å². The van der Waals surface area contributed by atoms with Crippen molar-refractivity contribution < 1.29 is 23.1 Å². The first-order valence-corrected chi connectivity index (χ1v) is 10.9. The van der Waals surface area contributed by atoms with Gasteiger partial charge in [-0.3, -0.25) is 9.59 Å². The second kappa shape index (κ2) is 7.98. The standard InChI is InChI=1S/C19H26N2O5S/c22-17(23)13-19(10-3-4-11-19)20-18(24)14-6-5-9-16(12-14)27(25,26)21-15-7-1-2-8-15/h5-6,9,12,15,21H,1-4,7-8,10-11,13H2,(H,20,24)(H,22,23). The summed E-state index contributed by atoms with van der Waals surface area (Å²) in [7, 11) is -3.69. The molecule has 0 aliphatic heterocycles. The molecule has 0 unspecified atom stereocenters. The van der Waals surface area contributed by atoms with Crippen molar-refractivity contribution in [2.45, 2.75) is 74.3 Å². The van der Waals surface area contributed by atoms with Crippen LogP contribution in [0.15, 0.2) is 29.2 Å². The molecule has 0 atom stereocenters. The van der Waals surface area contributed by atoms with Crippen LogP contribution in [0.1, 0.15) is 68.1 Å². The molecule has 1 amide bonds. The Morgan fingerprint density at radius 3 is 2.41 bits per heavy atom. The van der Waals surface area contributed by atoms with Gasteiger partial charge in [0.25, 0.3) is 5.91 Å². The Morgan fingerprint density at radius 2 is 1.78 bits per heavy atom. The van der Waals surface area contributed by atoms with Gasteiger partial charge in [0, 0.05) is 11.6 Å². The molecule has 2 saturated carbocycles. The molecule has 0 heterocycles. The molecule has 0 radical (unpaired) electrons. The third-order valence-corrected chi connectivity index (χ3v) is 7.03. The molecule has 3 N–H and O–H groups in total. The van der Waals surface area contributed by atoms with Crippen LogP contribution in [0.25, 0.3) is 0 Å². The van der Waals surface area contributed by atoms with E-state index in [2.05, 4.69) is 10.0 Å². The first kappa shape index (κ1) is 19.8. The lowest BCUT2D eigenvalue weighted by Gasteiger charge is -2.28. The maximum absolute atomic E-state index is 12.7. The fourth-order valence-electron chi connectivity index (χ4n) is 4.14. The predicted octanol–water partition coefficient (Wildman–Crippen LogP) is 2.42. The van der Waals surface area contributed by atoms with Gasteiger partial charge in [0.15, 0.2) is 0 Å². The van der Waals surface area contributed by atoms with Crippen molar-refractivity contribution >= 4 is 21.9 Å². The number of aliphatic carboxylic acids is 1. The third-order valence-electron chi connectivity index (χ3n) is 5.51. The number of amides is 1. The Labute approximate surface area is 159 Å². The molecule has 1 aromatic carbocycles. The number of hydrogen-bond donors (Lipinski definition) is 3. The van der Waals surface area contributed by atoms with E-state index in [1.165, 1.54) is 18.2 Å². The van der Waals surface area contributed by atoms with Crippen LogP contribution < -0.4 is 10.0 Å². The predicted molar refractivity (Wildman–Crippen MR) is 99.9 cm³/mol. The van der Waals surface area contributed by atoms with Gasteiger partial charge in [-0.15, -0.1) is 0 Å². The maximum atomic E-state index is 12.7. The van der Waals surface area contributed by atoms with Crippen LogP contribution in [-0.4, -0.2) is 37.0 Å². The van der Waals surface area contributed by atoms with Crippen LogP contribution in [0.2, 0.25) is 0 Å². The summed E-state index contributed by atoms with van der Waals surface area (Å²) in [4.78, 5) is 23.9. The van der Waals surface area contributed by atoms with Crippen LogP contribution in [0.5, 0.6) is 0 Å². The van der Waals surface area contributed by atoms with E-state index in [0.29, 0.717) is 12.8 Å². The second-order valence-corrected chi connectivity index (χ2v) is 9.36. The summed E-state index contributed by atoms with van der Waals surface area (Å²) in [6.07, 6.45) is 6.54. The summed E-state index contributed by atoms with van der Waals surface area (Å²) in [6.45, 7) is 0. The van der Waals surface area contributed by atoms with Crippen molar-refractivity contribution in [3.8, 4) is 0 Å². The number of carbonyl (C=O) groups excluding carboxylic acids is 1. The van der Waals surface area contributed by atoms with Gasteiger partial charge < -0.3 is 10.4 Å². The highest BCUT2D eigenvalue weighted by Gasteiger charge is 2.37. The zero-order valence-corrected chi connectivity index (χ0v) is 16.1. The van der Waals surface area contributed by atoms with E-state index in [-0.39, 0.29) is 22.9 Å². The zero-order valence-electron chi connectivity index (χ0n) is 15.2.